The Morgan fingerprint density at radius 1 is 1.29 bits per heavy atom. The van der Waals surface area contributed by atoms with E-state index in [9.17, 15) is 0 Å². The van der Waals surface area contributed by atoms with E-state index in [0.29, 0.717) is 5.88 Å². The second-order valence-electron chi connectivity index (χ2n) is 5.06. The van der Waals surface area contributed by atoms with Crippen LogP contribution in [0.3, 0.4) is 0 Å². The number of imidazole rings is 1. The molecule has 0 aliphatic carbocycles. The molecular formula is C15H18ClN5. The first kappa shape index (κ1) is 14.1. The van der Waals surface area contributed by atoms with Gasteiger partial charge in [-0.15, -0.1) is 11.6 Å². The number of hydrogen-bond acceptors (Lipinski definition) is 3. The molecule has 0 bridgehead atoms. The lowest BCUT2D eigenvalue weighted by Crippen LogP contribution is -2.13. The molecule has 0 aromatic carbocycles. The average molecular weight is 304 g/mol. The zero-order valence-corrected chi connectivity index (χ0v) is 13.2. The summed E-state index contributed by atoms with van der Waals surface area (Å²) in [6.45, 7) is 7.03. The predicted octanol–water partition coefficient (Wildman–Crippen LogP) is 3.30. The van der Waals surface area contributed by atoms with Gasteiger partial charge in [-0.3, -0.25) is 4.98 Å². The van der Waals surface area contributed by atoms with Crippen molar-refractivity contribution in [2.24, 2.45) is 0 Å². The van der Waals surface area contributed by atoms with Crippen LogP contribution in [0.5, 0.6) is 0 Å². The van der Waals surface area contributed by atoms with E-state index in [2.05, 4.69) is 33.5 Å². The van der Waals surface area contributed by atoms with Crippen LogP contribution in [0.25, 0.3) is 11.2 Å². The lowest BCUT2D eigenvalue weighted by atomic mass is 10.1. The minimum Gasteiger partial charge on any atom is -0.305 e. The summed E-state index contributed by atoms with van der Waals surface area (Å²) in [5.74, 6) is 1.26. The first-order valence-corrected chi connectivity index (χ1v) is 7.60. The van der Waals surface area contributed by atoms with Crippen molar-refractivity contribution in [2.75, 3.05) is 0 Å². The fraction of sp³-hybridized carbons (Fsp3) is 0.400. The minimum atomic E-state index is 0.133. The maximum Gasteiger partial charge on any atom is 0.159 e. The molecule has 21 heavy (non-hydrogen) atoms. The highest BCUT2D eigenvalue weighted by molar-refractivity contribution is 6.16. The summed E-state index contributed by atoms with van der Waals surface area (Å²) >= 11 is 6.11. The Kier molecular flexibility index (Phi) is 3.68. The van der Waals surface area contributed by atoms with Gasteiger partial charge in [0.25, 0.3) is 0 Å². The van der Waals surface area contributed by atoms with E-state index in [1.807, 2.05) is 36.1 Å². The second kappa shape index (κ2) is 5.48. The standard InChI is InChI=1S/C15H18ClN5/c1-4-20-15-14(10(2)19-20)18-13(9-16)21(15)11(3)12-5-7-17-8-6-12/h5-8,11H,4,9H2,1-3H3. The lowest BCUT2D eigenvalue weighted by Gasteiger charge is -2.17. The molecule has 110 valence electrons. The number of nitrogens with zero attached hydrogens (tertiary/aromatic N) is 5. The molecular weight excluding hydrogens is 286 g/mol. The number of aromatic nitrogens is 5. The summed E-state index contributed by atoms with van der Waals surface area (Å²) in [5.41, 5.74) is 4.10. The molecule has 0 saturated carbocycles. The maximum absolute atomic E-state index is 6.11. The van der Waals surface area contributed by atoms with Gasteiger partial charge in [-0.1, -0.05) is 0 Å². The number of rotatable bonds is 4. The summed E-state index contributed by atoms with van der Waals surface area (Å²) in [4.78, 5) is 8.76. The van der Waals surface area contributed by atoms with E-state index in [0.717, 1.165) is 29.2 Å². The van der Waals surface area contributed by atoms with Crippen LogP contribution in [0.1, 0.15) is 37.0 Å². The van der Waals surface area contributed by atoms with E-state index in [1.54, 1.807) is 0 Å². The Labute approximate surface area is 128 Å². The zero-order chi connectivity index (χ0) is 15.0. The third-order valence-corrected chi connectivity index (χ3v) is 4.05. The normalized spacial score (nSPS) is 13.0. The van der Waals surface area contributed by atoms with Crippen LogP contribution in [0.4, 0.5) is 0 Å². The maximum atomic E-state index is 6.11. The molecule has 0 radical (unpaired) electrons. The topological polar surface area (TPSA) is 48.5 Å². The van der Waals surface area contributed by atoms with Gasteiger partial charge in [-0.2, -0.15) is 5.10 Å². The van der Waals surface area contributed by atoms with Gasteiger partial charge in [-0.05, 0) is 38.5 Å². The second-order valence-corrected chi connectivity index (χ2v) is 5.33. The molecule has 0 amide bonds. The monoisotopic (exact) mass is 303 g/mol. The Balaban J connectivity index is 2.25. The molecule has 1 atom stereocenters. The number of pyridine rings is 1. The van der Waals surface area contributed by atoms with Gasteiger partial charge < -0.3 is 4.57 Å². The largest absolute Gasteiger partial charge is 0.305 e. The van der Waals surface area contributed by atoms with Gasteiger partial charge in [0.2, 0.25) is 0 Å². The van der Waals surface area contributed by atoms with Crippen molar-refractivity contribution in [1.82, 2.24) is 24.3 Å². The van der Waals surface area contributed by atoms with Crippen molar-refractivity contribution < 1.29 is 0 Å². The van der Waals surface area contributed by atoms with E-state index in [4.69, 9.17) is 11.6 Å². The molecule has 3 aromatic rings. The summed E-state index contributed by atoms with van der Waals surface area (Å²) in [6.07, 6.45) is 3.62. The van der Waals surface area contributed by atoms with Crippen molar-refractivity contribution in [3.05, 3.63) is 41.6 Å². The summed E-state index contributed by atoms with van der Waals surface area (Å²) in [7, 11) is 0. The fourth-order valence-electron chi connectivity index (χ4n) is 2.75. The lowest BCUT2D eigenvalue weighted by molar-refractivity contribution is 0.586. The molecule has 3 heterocycles. The molecule has 3 rings (SSSR count). The van der Waals surface area contributed by atoms with Crippen LogP contribution in [0, 0.1) is 6.92 Å². The Morgan fingerprint density at radius 3 is 2.62 bits per heavy atom. The van der Waals surface area contributed by atoms with Crippen LogP contribution in [0.15, 0.2) is 24.5 Å². The van der Waals surface area contributed by atoms with Gasteiger partial charge in [0.1, 0.15) is 11.3 Å². The molecule has 5 nitrogen and oxygen atoms in total. The quantitative estimate of drug-likeness (QED) is 0.695. The molecule has 0 saturated heterocycles. The SMILES string of the molecule is CCn1nc(C)c2nc(CCl)n(C(C)c3ccncc3)c21. The molecule has 0 aliphatic rings. The van der Waals surface area contributed by atoms with Gasteiger partial charge >= 0.3 is 0 Å². The summed E-state index contributed by atoms with van der Waals surface area (Å²) in [5, 5.41) is 4.56. The number of aryl methyl sites for hydroxylation is 2. The van der Waals surface area contributed by atoms with Gasteiger partial charge in [0.15, 0.2) is 5.65 Å². The smallest absolute Gasteiger partial charge is 0.159 e. The van der Waals surface area contributed by atoms with E-state index in [-0.39, 0.29) is 6.04 Å². The van der Waals surface area contributed by atoms with E-state index in [1.165, 1.54) is 5.56 Å². The van der Waals surface area contributed by atoms with Crippen LogP contribution in [-0.2, 0) is 12.4 Å². The highest BCUT2D eigenvalue weighted by Gasteiger charge is 2.21. The Hall–Kier alpha value is -1.88. The summed E-state index contributed by atoms with van der Waals surface area (Å²) < 4.78 is 4.17. The molecule has 0 fully saturated rings. The highest BCUT2D eigenvalue weighted by atomic mass is 35.5. The first-order chi connectivity index (χ1) is 10.2. The molecule has 0 spiro atoms. The highest BCUT2D eigenvalue weighted by Crippen LogP contribution is 2.28. The van der Waals surface area contributed by atoms with Crippen LogP contribution in [0.2, 0.25) is 0 Å². The predicted molar refractivity (Wildman–Crippen MR) is 83.5 cm³/mol. The number of fused-ring (bicyclic) bond motifs is 1. The van der Waals surface area contributed by atoms with E-state index >= 15 is 0 Å². The number of halogens is 1. The Morgan fingerprint density at radius 2 is 2.00 bits per heavy atom. The third-order valence-electron chi connectivity index (χ3n) is 3.81. The van der Waals surface area contributed by atoms with E-state index < -0.39 is 0 Å². The summed E-state index contributed by atoms with van der Waals surface area (Å²) in [6, 6.07) is 4.18. The molecule has 3 aromatic heterocycles. The van der Waals surface area contributed by atoms with Crippen LogP contribution in [-0.4, -0.2) is 24.3 Å². The number of hydrogen-bond donors (Lipinski definition) is 0. The molecule has 0 N–H and O–H groups in total. The van der Waals surface area contributed by atoms with Gasteiger partial charge in [0, 0.05) is 18.9 Å². The van der Waals surface area contributed by atoms with Crippen molar-refractivity contribution in [1.29, 1.82) is 0 Å². The zero-order valence-electron chi connectivity index (χ0n) is 12.4. The molecule has 6 heteroatoms. The van der Waals surface area contributed by atoms with Gasteiger partial charge in [-0.25, -0.2) is 9.67 Å². The van der Waals surface area contributed by atoms with Crippen molar-refractivity contribution in [3.63, 3.8) is 0 Å². The average Bonchev–Trinajstić information content (AvgIpc) is 3.05. The fourth-order valence-corrected chi connectivity index (χ4v) is 2.94. The van der Waals surface area contributed by atoms with Crippen molar-refractivity contribution in [3.8, 4) is 0 Å². The van der Waals surface area contributed by atoms with Crippen LogP contribution >= 0.6 is 11.6 Å². The third kappa shape index (κ3) is 2.21. The van der Waals surface area contributed by atoms with Gasteiger partial charge in [0.05, 0.1) is 17.6 Å². The molecule has 0 aliphatic heterocycles. The van der Waals surface area contributed by atoms with Crippen molar-refractivity contribution in [2.45, 2.75) is 39.2 Å². The van der Waals surface area contributed by atoms with Crippen LogP contribution < -0.4 is 0 Å². The minimum absolute atomic E-state index is 0.133. The molecule has 1 unspecified atom stereocenters. The first-order valence-electron chi connectivity index (χ1n) is 7.07. The number of alkyl halides is 1. The Bertz CT molecular complexity index is 759. The van der Waals surface area contributed by atoms with Crippen molar-refractivity contribution >= 4 is 22.8 Å².